The van der Waals surface area contributed by atoms with Crippen LogP contribution in [0.15, 0.2) is 67.3 Å². The molecule has 0 heterocycles. The van der Waals surface area contributed by atoms with Crippen molar-refractivity contribution >= 4 is 11.7 Å². The summed E-state index contributed by atoms with van der Waals surface area (Å²) in [4.78, 5) is 23.6. The molecule has 0 fully saturated rings. The summed E-state index contributed by atoms with van der Waals surface area (Å²) < 4.78 is 0.815. The lowest BCUT2D eigenvalue weighted by Gasteiger charge is -2.30. The van der Waals surface area contributed by atoms with Crippen molar-refractivity contribution in [1.82, 2.24) is 5.32 Å². The third-order valence-corrected chi connectivity index (χ3v) is 4.29. The molecule has 2 aromatic rings. The van der Waals surface area contributed by atoms with Crippen LogP contribution >= 0.6 is 0 Å². The smallest absolute Gasteiger partial charge is 0.243 e. The molecular formula is C22H27N2O2+. The number of nitrogens with zero attached hydrogens (tertiary/aromatic N) is 1. The van der Waals surface area contributed by atoms with E-state index in [1.807, 2.05) is 54.6 Å². The maximum Gasteiger partial charge on any atom is 0.243 e. The lowest BCUT2D eigenvalue weighted by Crippen LogP contribution is -2.41. The van der Waals surface area contributed by atoms with Crippen LogP contribution in [0.5, 0.6) is 0 Å². The Morgan fingerprint density at radius 2 is 1.62 bits per heavy atom. The molecule has 0 saturated carbocycles. The van der Waals surface area contributed by atoms with Gasteiger partial charge in [0.2, 0.25) is 5.91 Å². The summed E-state index contributed by atoms with van der Waals surface area (Å²) in [5.74, 6) is -0.0853. The van der Waals surface area contributed by atoms with Crippen molar-refractivity contribution in [3.8, 4) is 0 Å². The minimum absolute atomic E-state index is 0.0452. The van der Waals surface area contributed by atoms with Crippen LogP contribution in [0, 0.1) is 0 Å². The molecule has 136 valence electrons. The fraction of sp³-hybridized carbons (Fsp3) is 0.273. The first-order chi connectivity index (χ1) is 12.4. The second-order valence-electron chi connectivity index (χ2n) is 7.06. The molecule has 0 aromatic heterocycles. The van der Waals surface area contributed by atoms with E-state index in [2.05, 4.69) is 26.0 Å². The van der Waals surface area contributed by atoms with Gasteiger partial charge in [0.25, 0.3) is 0 Å². The Morgan fingerprint density at radius 3 is 2.23 bits per heavy atom. The fourth-order valence-electron chi connectivity index (χ4n) is 2.88. The zero-order valence-corrected chi connectivity index (χ0v) is 15.6. The third-order valence-electron chi connectivity index (χ3n) is 4.29. The number of quaternary nitrogens is 1. The fourth-order valence-corrected chi connectivity index (χ4v) is 2.88. The highest BCUT2D eigenvalue weighted by molar-refractivity contribution is 6.08. The molecule has 0 atom stereocenters. The van der Waals surface area contributed by atoms with Gasteiger partial charge in [-0.25, -0.2) is 0 Å². The number of carbonyl (C=O) groups is 2. The van der Waals surface area contributed by atoms with E-state index in [4.69, 9.17) is 0 Å². The highest BCUT2D eigenvalue weighted by Gasteiger charge is 2.16. The van der Waals surface area contributed by atoms with Gasteiger partial charge in [-0.2, -0.15) is 0 Å². The summed E-state index contributed by atoms with van der Waals surface area (Å²) in [7, 11) is 4.33. The van der Waals surface area contributed by atoms with Gasteiger partial charge in [0.15, 0.2) is 5.78 Å². The Morgan fingerprint density at radius 1 is 1.00 bits per heavy atom. The molecule has 0 saturated heterocycles. The highest BCUT2D eigenvalue weighted by atomic mass is 16.1. The molecule has 0 aliphatic carbocycles. The molecule has 0 bridgehead atoms. The Bertz CT molecular complexity index is 749. The normalized spacial score (nSPS) is 11.0. The molecule has 26 heavy (non-hydrogen) atoms. The topological polar surface area (TPSA) is 46.2 Å². The van der Waals surface area contributed by atoms with Crippen LogP contribution in [-0.2, 0) is 11.3 Å². The van der Waals surface area contributed by atoms with E-state index >= 15 is 0 Å². The van der Waals surface area contributed by atoms with Crippen molar-refractivity contribution in [2.24, 2.45) is 0 Å². The molecule has 0 radical (unpaired) electrons. The van der Waals surface area contributed by atoms with Crippen LogP contribution in [0.3, 0.4) is 0 Å². The summed E-state index contributed by atoms with van der Waals surface area (Å²) in [6.07, 6.45) is 2.19. The molecule has 0 unspecified atom stereocenters. The largest absolute Gasteiger partial charge is 0.352 e. The van der Waals surface area contributed by atoms with Crippen LogP contribution in [-0.4, -0.2) is 43.4 Å². The molecular weight excluding hydrogens is 324 g/mol. The van der Waals surface area contributed by atoms with Gasteiger partial charge in [0, 0.05) is 29.7 Å². The van der Waals surface area contributed by atoms with Crippen molar-refractivity contribution in [2.75, 3.05) is 27.2 Å². The number of nitrogens with one attached hydrogen (secondary N) is 1. The van der Waals surface area contributed by atoms with Gasteiger partial charge in [-0.05, 0) is 6.08 Å². The third kappa shape index (κ3) is 5.97. The lowest BCUT2D eigenvalue weighted by atomic mass is 10.0. The molecule has 4 nitrogen and oxygen atoms in total. The van der Waals surface area contributed by atoms with E-state index in [9.17, 15) is 9.59 Å². The minimum Gasteiger partial charge on any atom is -0.352 e. The maximum atomic E-state index is 12.5. The van der Waals surface area contributed by atoms with E-state index in [-0.39, 0.29) is 11.7 Å². The van der Waals surface area contributed by atoms with Crippen LogP contribution in [0.2, 0.25) is 0 Å². The van der Waals surface area contributed by atoms with E-state index in [0.29, 0.717) is 17.7 Å². The zero-order chi connectivity index (χ0) is 19.0. The van der Waals surface area contributed by atoms with E-state index in [0.717, 1.165) is 24.0 Å². The Labute approximate surface area is 155 Å². The summed E-state index contributed by atoms with van der Waals surface area (Å²) in [6, 6.07) is 17.2. The highest BCUT2D eigenvalue weighted by Crippen LogP contribution is 2.14. The quantitative estimate of drug-likeness (QED) is 0.326. The average molecular weight is 351 g/mol. The van der Waals surface area contributed by atoms with Gasteiger partial charge in [0.1, 0.15) is 6.54 Å². The van der Waals surface area contributed by atoms with Crippen LogP contribution in [0.4, 0.5) is 0 Å². The minimum atomic E-state index is -0.131. The summed E-state index contributed by atoms with van der Waals surface area (Å²) in [6.45, 7) is 5.91. The predicted molar refractivity (Wildman–Crippen MR) is 105 cm³/mol. The Hall–Kier alpha value is -2.72. The number of amides is 1. The monoisotopic (exact) mass is 351 g/mol. The number of ketones is 1. The van der Waals surface area contributed by atoms with Gasteiger partial charge in [-0.3, -0.25) is 9.59 Å². The first-order valence-corrected chi connectivity index (χ1v) is 8.82. The Balaban J connectivity index is 1.90. The maximum absolute atomic E-state index is 12.5. The second-order valence-corrected chi connectivity index (χ2v) is 7.06. The first-order valence-electron chi connectivity index (χ1n) is 8.82. The van der Waals surface area contributed by atoms with E-state index in [1.54, 1.807) is 0 Å². The number of rotatable bonds is 9. The lowest BCUT2D eigenvalue weighted by molar-refractivity contribution is -0.903. The Kier molecular flexibility index (Phi) is 6.87. The zero-order valence-electron chi connectivity index (χ0n) is 15.6. The van der Waals surface area contributed by atoms with Gasteiger partial charge >= 0.3 is 0 Å². The molecule has 4 heteroatoms. The van der Waals surface area contributed by atoms with Crippen molar-refractivity contribution in [2.45, 2.75) is 13.0 Å². The van der Waals surface area contributed by atoms with Crippen molar-refractivity contribution in [3.63, 3.8) is 0 Å². The molecule has 1 N–H and O–H groups in total. The predicted octanol–water partition coefficient (Wildman–Crippen LogP) is 3.19. The van der Waals surface area contributed by atoms with Crippen molar-refractivity contribution in [1.29, 1.82) is 0 Å². The van der Waals surface area contributed by atoms with Crippen molar-refractivity contribution < 1.29 is 14.1 Å². The molecule has 2 rings (SSSR count). The summed E-state index contributed by atoms with van der Waals surface area (Å²) in [5.41, 5.74) is 2.60. The van der Waals surface area contributed by atoms with Gasteiger partial charge in [-0.1, -0.05) is 61.2 Å². The number of hydrogen-bond acceptors (Lipinski definition) is 2. The van der Waals surface area contributed by atoms with Gasteiger partial charge < -0.3 is 9.80 Å². The van der Waals surface area contributed by atoms with E-state index in [1.165, 1.54) is 11.6 Å². The number of hydrogen-bond donors (Lipinski definition) is 1. The van der Waals surface area contributed by atoms with Crippen LogP contribution < -0.4 is 5.32 Å². The van der Waals surface area contributed by atoms with E-state index < -0.39 is 0 Å². The summed E-state index contributed by atoms with van der Waals surface area (Å²) in [5, 5.41) is 2.80. The van der Waals surface area contributed by atoms with Crippen LogP contribution in [0.25, 0.3) is 0 Å². The van der Waals surface area contributed by atoms with Gasteiger partial charge in [0.05, 0.1) is 20.6 Å². The summed E-state index contributed by atoms with van der Waals surface area (Å²) >= 11 is 0. The van der Waals surface area contributed by atoms with Crippen LogP contribution in [0.1, 0.15) is 27.9 Å². The molecule has 2 aromatic carbocycles. The molecule has 1 amide bonds. The number of benzene rings is 2. The molecule has 0 aliphatic heterocycles. The average Bonchev–Trinajstić information content (AvgIpc) is 2.65. The van der Waals surface area contributed by atoms with Crippen molar-refractivity contribution in [3.05, 3.63) is 83.9 Å². The SMILES string of the molecule is C=CC(=O)NCCC[N+](C)(C)Cc1ccc(C(=O)c2ccccc2)cc1. The second kappa shape index (κ2) is 9.11. The van der Waals surface area contributed by atoms with Gasteiger partial charge in [-0.15, -0.1) is 0 Å². The molecule has 0 spiro atoms. The first kappa shape index (κ1) is 19.6. The number of carbonyl (C=O) groups excluding carboxylic acids is 2. The molecule has 0 aliphatic rings. The standard InChI is InChI=1S/C22H26N2O2/c1-4-21(25)23-15-8-16-24(2,3)17-18-11-13-20(14-12-18)22(26)19-9-6-5-7-10-19/h4-7,9-14H,1,8,15-17H2,2-3H3/p+1.